The zero-order chi connectivity index (χ0) is 19.9. The summed E-state index contributed by atoms with van der Waals surface area (Å²) in [4.78, 5) is 4.24. The van der Waals surface area contributed by atoms with E-state index in [2.05, 4.69) is 4.98 Å². The molecule has 0 amide bonds. The van der Waals surface area contributed by atoms with Crippen LogP contribution in [0.1, 0.15) is 6.42 Å². The maximum absolute atomic E-state index is 6.22. The molecule has 0 spiro atoms. The number of aromatic nitrogens is 1. The highest BCUT2D eigenvalue weighted by molar-refractivity contribution is 6.55. The number of hydrogen-bond donors (Lipinski definition) is 0. The molecular formula is C19H15Cl4NO4. The molecule has 0 radical (unpaired) electrons. The third-order valence-electron chi connectivity index (χ3n) is 3.49. The van der Waals surface area contributed by atoms with Crippen molar-refractivity contribution in [1.82, 2.24) is 4.98 Å². The van der Waals surface area contributed by atoms with Crippen LogP contribution in [0.25, 0.3) is 11.1 Å². The zero-order valence-corrected chi connectivity index (χ0v) is 17.5. The number of halogens is 4. The fourth-order valence-electron chi connectivity index (χ4n) is 2.26. The first-order valence-electron chi connectivity index (χ1n) is 8.27. The molecule has 0 atom stereocenters. The fraction of sp³-hybridized carbons (Fsp3) is 0.211. The predicted octanol–water partition coefficient (Wildman–Crippen LogP) is 6.68. The van der Waals surface area contributed by atoms with Crippen LogP contribution in [0.4, 0.5) is 0 Å². The van der Waals surface area contributed by atoms with Gasteiger partial charge < -0.3 is 18.6 Å². The minimum absolute atomic E-state index is 0.122. The molecule has 0 aliphatic rings. The first-order valence-corrected chi connectivity index (χ1v) is 9.78. The Morgan fingerprint density at radius 1 is 1.00 bits per heavy atom. The molecule has 0 N–H and O–H groups in total. The van der Waals surface area contributed by atoms with Gasteiger partial charge in [0.1, 0.15) is 22.4 Å². The van der Waals surface area contributed by atoms with E-state index >= 15 is 0 Å². The number of oxazole rings is 1. The van der Waals surface area contributed by atoms with E-state index in [1.165, 1.54) is 6.08 Å². The van der Waals surface area contributed by atoms with Crippen LogP contribution in [0.5, 0.6) is 17.6 Å². The van der Waals surface area contributed by atoms with Crippen molar-refractivity contribution in [1.29, 1.82) is 0 Å². The Kier molecular flexibility index (Phi) is 7.57. The van der Waals surface area contributed by atoms with Crippen molar-refractivity contribution >= 4 is 57.5 Å². The number of nitrogens with zero attached hydrogens (tertiary/aromatic N) is 1. The second kappa shape index (κ2) is 10.1. The van der Waals surface area contributed by atoms with Gasteiger partial charge in [-0.2, -0.15) is 4.98 Å². The van der Waals surface area contributed by atoms with E-state index < -0.39 is 0 Å². The number of para-hydroxylation sites is 2. The molecule has 0 aliphatic carbocycles. The summed E-state index contributed by atoms with van der Waals surface area (Å²) in [6.07, 6.45) is 2.32. The molecule has 9 heteroatoms. The first-order chi connectivity index (χ1) is 13.5. The predicted molar refractivity (Wildman–Crippen MR) is 111 cm³/mol. The maximum Gasteiger partial charge on any atom is 0.394 e. The van der Waals surface area contributed by atoms with E-state index in [9.17, 15) is 0 Å². The van der Waals surface area contributed by atoms with Crippen molar-refractivity contribution in [3.8, 4) is 17.6 Å². The van der Waals surface area contributed by atoms with Crippen LogP contribution in [0.2, 0.25) is 10.0 Å². The fourth-order valence-corrected chi connectivity index (χ4v) is 2.97. The molecule has 1 heterocycles. The highest BCUT2D eigenvalue weighted by atomic mass is 35.5. The molecule has 0 saturated carbocycles. The minimum Gasteiger partial charge on any atom is -0.490 e. The number of benzene rings is 2. The average molecular weight is 463 g/mol. The summed E-state index contributed by atoms with van der Waals surface area (Å²) in [5, 5.41) is 0.673. The Hall–Kier alpha value is -1.79. The second-order valence-corrected chi connectivity index (χ2v) is 7.34. The lowest BCUT2D eigenvalue weighted by Gasteiger charge is -2.12. The van der Waals surface area contributed by atoms with Crippen molar-refractivity contribution in [2.24, 2.45) is 0 Å². The van der Waals surface area contributed by atoms with Crippen molar-refractivity contribution in [3.63, 3.8) is 0 Å². The highest BCUT2D eigenvalue weighted by Crippen LogP contribution is 2.37. The summed E-state index contributed by atoms with van der Waals surface area (Å²) in [7, 11) is 0. The van der Waals surface area contributed by atoms with Gasteiger partial charge in [0, 0.05) is 18.6 Å². The van der Waals surface area contributed by atoms with E-state index in [1.807, 2.05) is 24.3 Å². The average Bonchev–Trinajstić information content (AvgIpc) is 3.06. The molecule has 28 heavy (non-hydrogen) atoms. The third-order valence-corrected chi connectivity index (χ3v) is 4.36. The Balaban J connectivity index is 1.46. The third kappa shape index (κ3) is 5.85. The molecule has 1 aromatic heterocycles. The summed E-state index contributed by atoms with van der Waals surface area (Å²) in [6.45, 7) is 0.918. The van der Waals surface area contributed by atoms with Gasteiger partial charge in [0.15, 0.2) is 11.3 Å². The van der Waals surface area contributed by atoms with Gasteiger partial charge in [0.25, 0.3) is 0 Å². The normalized spacial score (nSPS) is 10.7. The van der Waals surface area contributed by atoms with Gasteiger partial charge in [-0.25, -0.2) is 0 Å². The van der Waals surface area contributed by atoms with Crippen LogP contribution < -0.4 is 14.2 Å². The Bertz CT molecular complexity index is 913. The summed E-state index contributed by atoms with van der Waals surface area (Å²) in [5.74, 6) is 0.857. The number of ether oxygens (including phenoxy) is 3. The zero-order valence-electron chi connectivity index (χ0n) is 14.5. The molecule has 5 nitrogen and oxygen atoms in total. The quantitative estimate of drug-likeness (QED) is 0.332. The Morgan fingerprint density at radius 2 is 1.71 bits per heavy atom. The lowest BCUT2D eigenvalue weighted by atomic mass is 10.3. The standard InChI is InChI=1S/C19H15Cl4NO4/c20-13-10-12(25-9-6-17(22)23)11-14(21)18(13)26-7-3-8-27-19-24-15-4-1-2-5-16(15)28-19/h1-2,4-6,10-11H,3,7-9H2. The van der Waals surface area contributed by atoms with Crippen molar-refractivity contribution in [2.75, 3.05) is 19.8 Å². The van der Waals surface area contributed by atoms with Gasteiger partial charge in [0.05, 0.1) is 23.3 Å². The Labute approximate surface area is 181 Å². The SMILES string of the molecule is ClC(Cl)=CCOc1cc(Cl)c(OCCCOc2nc3ccccc3o2)c(Cl)c1. The number of hydrogen-bond acceptors (Lipinski definition) is 5. The molecule has 0 fully saturated rings. The van der Waals surface area contributed by atoms with Gasteiger partial charge in [-0.15, -0.1) is 0 Å². The molecule has 3 rings (SSSR count). The van der Waals surface area contributed by atoms with Crippen LogP contribution in [0, 0.1) is 0 Å². The van der Waals surface area contributed by atoms with Crippen molar-refractivity contribution < 1.29 is 18.6 Å². The molecule has 0 bridgehead atoms. The van der Waals surface area contributed by atoms with Gasteiger partial charge in [0.2, 0.25) is 0 Å². The van der Waals surface area contributed by atoms with Crippen LogP contribution in [0.15, 0.2) is 51.4 Å². The molecule has 148 valence electrons. The first kappa shape index (κ1) is 20.9. The number of rotatable bonds is 9. The Morgan fingerprint density at radius 3 is 2.43 bits per heavy atom. The molecule has 2 aromatic carbocycles. The van der Waals surface area contributed by atoms with E-state index in [0.717, 1.165) is 5.52 Å². The van der Waals surface area contributed by atoms with E-state index in [0.29, 0.717) is 46.8 Å². The van der Waals surface area contributed by atoms with E-state index in [-0.39, 0.29) is 17.2 Å². The van der Waals surface area contributed by atoms with Gasteiger partial charge in [-0.3, -0.25) is 0 Å². The molecule has 0 saturated heterocycles. The van der Waals surface area contributed by atoms with Crippen molar-refractivity contribution in [2.45, 2.75) is 6.42 Å². The lowest BCUT2D eigenvalue weighted by molar-refractivity contribution is 0.205. The monoisotopic (exact) mass is 461 g/mol. The van der Waals surface area contributed by atoms with Crippen LogP contribution in [0.3, 0.4) is 0 Å². The van der Waals surface area contributed by atoms with Gasteiger partial charge in [-0.05, 0) is 18.2 Å². The maximum atomic E-state index is 6.22. The number of fused-ring (bicyclic) bond motifs is 1. The van der Waals surface area contributed by atoms with E-state index in [4.69, 9.17) is 65.0 Å². The largest absolute Gasteiger partial charge is 0.490 e. The molecule has 0 aliphatic heterocycles. The summed E-state index contributed by atoms with van der Waals surface area (Å²) in [5.41, 5.74) is 1.43. The van der Waals surface area contributed by atoms with Gasteiger partial charge in [-0.1, -0.05) is 58.5 Å². The summed E-state index contributed by atoms with van der Waals surface area (Å²) >= 11 is 23.5. The smallest absolute Gasteiger partial charge is 0.394 e. The highest BCUT2D eigenvalue weighted by Gasteiger charge is 2.11. The van der Waals surface area contributed by atoms with Crippen LogP contribution in [-0.2, 0) is 0 Å². The topological polar surface area (TPSA) is 53.7 Å². The minimum atomic E-state index is 0.122. The molecule has 3 aromatic rings. The van der Waals surface area contributed by atoms with Crippen LogP contribution in [-0.4, -0.2) is 24.8 Å². The summed E-state index contributed by atoms with van der Waals surface area (Å²) in [6, 6.07) is 10.7. The second-order valence-electron chi connectivity index (χ2n) is 5.52. The molecular weight excluding hydrogens is 448 g/mol. The molecule has 0 unspecified atom stereocenters. The van der Waals surface area contributed by atoms with E-state index in [1.54, 1.807) is 12.1 Å². The van der Waals surface area contributed by atoms with Crippen LogP contribution >= 0.6 is 46.4 Å². The van der Waals surface area contributed by atoms with Gasteiger partial charge >= 0.3 is 6.08 Å². The summed E-state index contributed by atoms with van der Waals surface area (Å²) < 4.78 is 22.2. The van der Waals surface area contributed by atoms with Crippen molar-refractivity contribution in [3.05, 3.63) is 57.0 Å². The lowest BCUT2D eigenvalue weighted by Crippen LogP contribution is -2.06.